The molecule has 4 N–H and O–H groups in total. The van der Waals surface area contributed by atoms with Crippen LogP contribution >= 0.6 is 0 Å². The van der Waals surface area contributed by atoms with Gasteiger partial charge in [-0.3, -0.25) is 0 Å². The van der Waals surface area contributed by atoms with E-state index in [1.165, 1.54) is 103 Å². The van der Waals surface area contributed by atoms with E-state index in [4.69, 9.17) is 0 Å². The molecule has 0 aliphatic heterocycles. The molecule has 254 valence electrons. The number of benzene rings is 1. The molecule has 0 aromatic heterocycles. The summed E-state index contributed by atoms with van der Waals surface area (Å²) in [6, 6.07) is 7.88. The second-order valence-electron chi connectivity index (χ2n) is 14.0. The van der Waals surface area contributed by atoms with Crippen molar-refractivity contribution in [3.8, 4) is 0 Å². The minimum Gasteiger partial charge on any atom is -0.338 e. The first-order chi connectivity index (χ1) is 21.1. The number of carbonyl (C=O) groups excluding carboxylic acids is 2. The number of rotatable bonds is 26. The van der Waals surface area contributed by atoms with E-state index < -0.39 is 11.1 Å². The highest BCUT2D eigenvalue weighted by Gasteiger charge is 2.27. The summed E-state index contributed by atoms with van der Waals surface area (Å²) in [7, 11) is 0. The van der Waals surface area contributed by atoms with Gasteiger partial charge in [-0.15, -0.1) is 0 Å². The van der Waals surface area contributed by atoms with Gasteiger partial charge in [0.1, 0.15) is 0 Å². The van der Waals surface area contributed by atoms with Crippen LogP contribution in [0.4, 0.5) is 9.59 Å². The zero-order valence-electron chi connectivity index (χ0n) is 29.7. The summed E-state index contributed by atoms with van der Waals surface area (Å²) in [4.78, 5) is 25.4. The number of nitrogens with one attached hydrogen (secondary N) is 4. The van der Waals surface area contributed by atoms with Gasteiger partial charge in [-0.05, 0) is 51.7 Å². The van der Waals surface area contributed by atoms with Crippen molar-refractivity contribution in [2.45, 2.75) is 181 Å². The zero-order chi connectivity index (χ0) is 32.5. The van der Waals surface area contributed by atoms with E-state index in [2.05, 4.69) is 41.2 Å². The third kappa shape index (κ3) is 19.2. The molecule has 0 saturated heterocycles. The van der Waals surface area contributed by atoms with E-state index >= 15 is 0 Å². The average molecular weight is 615 g/mol. The molecule has 0 radical (unpaired) electrons. The van der Waals surface area contributed by atoms with Gasteiger partial charge >= 0.3 is 12.1 Å². The SMILES string of the molecule is CCCCCCCCCCCCNC(=O)NC(C)(C)c1cccc(C(C)(C)NC(=O)NCCCCCCCCCCCC)c1. The fourth-order valence-corrected chi connectivity index (χ4v) is 5.73. The van der Waals surface area contributed by atoms with Crippen LogP contribution in [-0.2, 0) is 11.1 Å². The molecule has 0 spiro atoms. The number of urea groups is 2. The van der Waals surface area contributed by atoms with Crippen molar-refractivity contribution < 1.29 is 9.59 Å². The molecule has 1 aromatic carbocycles. The highest BCUT2D eigenvalue weighted by Crippen LogP contribution is 2.26. The number of carbonyl (C=O) groups is 2. The first kappa shape index (κ1) is 39.8. The van der Waals surface area contributed by atoms with Crippen LogP contribution in [0.25, 0.3) is 0 Å². The third-order valence-corrected chi connectivity index (χ3v) is 8.79. The van der Waals surface area contributed by atoms with Crippen LogP contribution in [0.15, 0.2) is 24.3 Å². The molecule has 0 aliphatic rings. The number of unbranched alkanes of at least 4 members (excludes halogenated alkanes) is 18. The van der Waals surface area contributed by atoms with Gasteiger partial charge in [0.05, 0.1) is 11.1 Å². The molecule has 0 aliphatic carbocycles. The molecule has 6 nitrogen and oxygen atoms in total. The Hall–Kier alpha value is -2.24. The summed E-state index contributed by atoms with van der Waals surface area (Å²) >= 11 is 0. The van der Waals surface area contributed by atoms with E-state index in [1.807, 2.05) is 45.9 Å². The predicted molar refractivity (Wildman–Crippen MR) is 189 cm³/mol. The summed E-state index contributed by atoms with van der Waals surface area (Å²) in [6.07, 6.45) is 25.7. The summed E-state index contributed by atoms with van der Waals surface area (Å²) < 4.78 is 0. The first-order valence-corrected chi connectivity index (χ1v) is 18.4. The molecule has 0 fully saturated rings. The van der Waals surface area contributed by atoms with Gasteiger partial charge in [0.25, 0.3) is 0 Å². The molecule has 0 saturated carbocycles. The molecule has 1 rings (SSSR count). The van der Waals surface area contributed by atoms with E-state index in [0.717, 1.165) is 36.8 Å². The minimum atomic E-state index is -0.550. The Labute approximate surface area is 272 Å². The van der Waals surface area contributed by atoms with E-state index in [-0.39, 0.29) is 12.1 Å². The smallest absolute Gasteiger partial charge is 0.315 e. The highest BCUT2D eigenvalue weighted by molar-refractivity contribution is 5.75. The van der Waals surface area contributed by atoms with Crippen molar-refractivity contribution in [2.24, 2.45) is 0 Å². The van der Waals surface area contributed by atoms with Gasteiger partial charge in [-0.1, -0.05) is 154 Å². The molecule has 0 atom stereocenters. The summed E-state index contributed by atoms with van der Waals surface area (Å²) in [5.74, 6) is 0. The van der Waals surface area contributed by atoms with Crippen molar-refractivity contribution in [1.82, 2.24) is 21.3 Å². The fraction of sp³-hybridized carbons (Fsp3) is 0.789. The maximum absolute atomic E-state index is 12.7. The second-order valence-corrected chi connectivity index (χ2v) is 14.0. The Morgan fingerprint density at radius 2 is 0.795 bits per heavy atom. The monoisotopic (exact) mass is 615 g/mol. The summed E-state index contributed by atoms with van der Waals surface area (Å²) in [5.41, 5.74) is 0.909. The molecule has 6 heteroatoms. The normalized spacial score (nSPS) is 11.8. The fourth-order valence-electron chi connectivity index (χ4n) is 5.73. The quantitative estimate of drug-likeness (QED) is 0.0783. The number of hydrogen-bond acceptors (Lipinski definition) is 2. The molecule has 4 amide bonds. The molecular weight excluding hydrogens is 544 g/mol. The van der Waals surface area contributed by atoms with Crippen LogP contribution in [0.5, 0.6) is 0 Å². The Kier molecular flexibility index (Phi) is 21.7. The van der Waals surface area contributed by atoms with E-state index in [9.17, 15) is 9.59 Å². The standard InChI is InChI=1S/C38H70N4O2/c1-7-9-11-13-15-17-19-21-23-25-30-39-35(43)41-37(3,4)33-28-27-29-34(32-33)38(5,6)42-36(44)40-31-26-24-22-20-18-16-14-12-10-8-2/h27-29,32H,7-26,30-31H2,1-6H3,(H2,39,41,43)(H2,40,42,44). The van der Waals surface area contributed by atoms with Crippen LogP contribution in [0.3, 0.4) is 0 Å². The van der Waals surface area contributed by atoms with Gasteiger partial charge < -0.3 is 21.3 Å². The van der Waals surface area contributed by atoms with Gasteiger partial charge in [0, 0.05) is 13.1 Å². The second kappa shape index (κ2) is 24.1. The molecular formula is C38H70N4O2. The zero-order valence-corrected chi connectivity index (χ0v) is 29.7. The van der Waals surface area contributed by atoms with Crippen LogP contribution in [0.2, 0.25) is 0 Å². The van der Waals surface area contributed by atoms with Crippen molar-refractivity contribution >= 4 is 12.1 Å². The van der Waals surface area contributed by atoms with Crippen molar-refractivity contribution in [3.05, 3.63) is 35.4 Å². The lowest BCUT2D eigenvalue weighted by Gasteiger charge is -2.31. The lowest BCUT2D eigenvalue weighted by Crippen LogP contribution is -2.48. The lowest BCUT2D eigenvalue weighted by molar-refractivity contribution is 0.229. The maximum atomic E-state index is 12.7. The Morgan fingerprint density at radius 3 is 1.11 bits per heavy atom. The van der Waals surface area contributed by atoms with Gasteiger partial charge in [0.15, 0.2) is 0 Å². The third-order valence-electron chi connectivity index (χ3n) is 8.79. The van der Waals surface area contributed by atoms with Crippen LogP contribution < -0.4 is 21.3 Å². The van der Waals surface area contributed by atoms with E-state index in [0.29, 0.717) is 13.1 Å². The molecule has 44 heavy (non-hydrogen) atoms. The van der Waals surface area contributed by atoms with E-state index in [1.54, 1.807) is 0 Å². The van der Waals surface area contributed by atoms with Crippen molar-refractivity contribution in [1.29, 1.82) is 0 Å². The summed E-state index contributed by atoms with van der Waals surface area (Å²) in [6.45, 7) is 14.0. The average Bonchev–Trinajstić information content (AvgIpc) is 2.98. The minimum absolute atomic E-state index is 0.139. The van der Waals surface area contributed by atoms with Crippen LogP contribution in [-0.4, -0.2) is 25.2 Å². The van der Waals surface area contributed by atoms with Gasteiger partial charge in [-0.25, -0.2) is 9.59 Å². The molecule has 1 aromatic rings. The van der Waals surface area contributed by atoms with Gasteiger partial charge in [0.2, 0.25) is 0 Å². The Bertz CT molecular complexity index is 816. The Morgan fingerprint density at radius 1 is 0.500 bits per heavy atom. The largest absolute Gasteiger partial charge is 0.338 e. The van der Waals surface area contributed by atoms with Crippen LogP contribution in [0.1, 0.15) is 181 Å². The first-order valence-electron chi connectivity index (χ1n) is 18.4. The molecule has 0 unspecified atom stereocenters. The number of hydrogen-bond donors (Lipinski definition) is 4. The van der Waals surface area contributed by atoms with Crippen molar-refractivity contribution in [2.75, 3.05) is 13.1 Å². The molecule has 0 bridgehead atoms. The molecule has 0 heterocycles. The highest BCUT2D eigenvalue weighted by atomic mass is 16.2. The topological polar surface area (TPSA) is 82.3 Å². The summed E-state index contributed by atoms with van der Waals surface area (Å²) in [5, 5.41) is 12.4. The Balaban J connectivity index is 2.33. The number of amides is 4. The predicted octanol–water partition coefficient (Wildman–Crippen LogP) is 10.6. The van der Waals surface area contributed by atoms with Gasteiger partial charge in [-0.2, -0.15) is 0 Å². The van der Waals surface area contributed by atoms with Crippen molar-refractivity contribution in [3.63, 3.8) is 0 Å². The lowest BCUT2D eigenvalue weighted by atomic mass is 9.87. The van der Waals surface area contributed by atoms with Crippen LogP contribution in [0, 0.1) is 0 Å². The maximum Gasteiger partial charge on any atom is 0.315 e.